The fourth-order valence-corrected chi connectivity index (χ4v) is 2.35. The van der Waals surface area contributed by atoms with Crippen LogP contribution < -0.4 is 5.32 Å². The number of nitrogens with zero attached hydrogens (tertiary/aromatic N) is 1. The minimum absolute atomic E-state index is 0.0556. The highest BCUT2D eigenvalue weighted by atomic mass is 35.5. The minimum Gasteiger partial charge on any atom is -0.348 e. The molecule has 1 fully saturated rings. The van der Waals surface area contributed by atoms with E-state index in [1.165, 1.54) is 0 Å². The maximum absolute atomic E-state index is 11.9. The Labute approximate surface area is 100 Å². The average Bonchev–Trinajstić information content (AvgIpc) is 2.33. The minimum atomic E-state index is -0.0556. The fraction of sp³-hybridized carbons (Fsp3) is 0.500. The number of amides is 1. The first-order valence-corrected chi connectivity index (χ1v) is 6.06. The summed E-state index contributed by atoms with van der Waals surface area (Å²) in [7, 11) is 0. The number of halogens is 1. The largest absolute Gasteiger partial charge is 0.348 e. The van der Waals surface area contributed by atoms with Gasteiger partial charge in [-0.2, -0.15) is 0 Å². The molecule has 3 nitrogen and oxygen atoms in total. The molecule has 0 saturated heterocycles. The number of hydrogen-bond acceptors (Lipinski definition) is 2. The zero-order valence-corrected chi connectivity index (χ0v) is 9.78. The van der Waals surface area contributed by atoms with Gasteiger partial charge in [0.25, 0.3) is 5.91 Å². The van der Waals surface area contributed by atoms with Crippen LogP contribution >= 0.6 is 11.6 Å². The highest BCUT2D eigenvalue weighted by Crippen LogP contribution is 2.23. The summed E-state index contributed by atoms with van der Waals surface area (Å²) in [6, 6.07) is 3.53. The molecular formula is C12H15ClN2O. The van der Waals surface area contributed by atoms with Gasteiger partial charge in [0.05, 0.1) is 5.38 Å². The van der Waals surface area contributed by atoms with Crippen molar-refractivity contribution in [3.63, 3.8) is 0 Å². The van der Waals surface area contributed by atoms with Gasteiger partial charge in [-0.3, -0.25) is 9.78 Å². The lowest BCUT2D eigenvalue weighted by Gasteiger charge is -2.27. The van der Waals surface area contributed by atoms with Crippen LogP contribution in [0.4, 0.5) is 0 Å². The number of carbonyl (C=O) groups is 1. The maximum Gasteiger partial charge on any atom is 0.251 e. The van der Waals surface area contributed by atoms with Crippen LogP contribution in [0.15, 0.2) is 24.5 Å². The topological polar surface area (TPSA) is 42.0 Å². The molecule has 16 heavy (non-hydrogen) atoms. The summed E-state index contributed by atoms with van der Waals surface area (Å²) < 4.78 is 0. The normalized spacial score (nSPS) is 25.1. The molecule has 0 radical (unpaired) electrons. The Balaban J connectivity index is 1.96. The molecule has 86 valence electrons. The number of hydrogen-bond donors (Lipinski definition) is 1. The van der Waals surface area contributed by atoms with Crippen molar-refractivity contribution >= 4 is 17.5 Å². The molecule has 1 heterocycles. The summed E-state index contributed by atoms with van der Waals surface area (Å²) in [5.74, 6) is -0.0556. The second-order valence-electron chi connectivity index (χ2n) is 4.12. The Kier molecular flexibility index (Phi) is 3.78. The van der Waals surface area contributed by atoms with Crippen molar-refractivity contribution in [1.29, 1.82) is 0 Å². The van der Waals surface area contributed by atoms with Gasteiger partial charge in [0.15, 0.2) is 0 Å². The lowest BCUT2D eigenvalue weighted by atomic mass is 9.94. The number of rotatable bonds is 2. The van der Waals surface area contributed by atoms with Gasteiger partial charge in [-0.1, -0.05) is 12.8 Å². The van der Waals surface area contributed by atoms with Gasteiger partial charge >= 0.3 is 0 Å². The number of aromatic nitrogens is 1. The highest BCUT2D eigenvalue weighted by molar-refractivity contribution is 6.21. The molecule has 1 N–H and O–H groups in total. The van der Waals surface area contributed by atoms with E-state index in [-0.39, 0.29) is 17.3 Å². The van der Waals surface area contributed by atoms with E-state index in [0.717, 1.165) is 25.7 Å². The van der Waals surface area contributed by atoms with Crippen LogP contribution in [0.3, 0.4) is 0 Å². The van der Waals surface area contributed by atoms with Crippen molar-refractivity contribution in [3.05, 3.63) is 30.1 Å². The number of nitrogens with one attached hydrogen (secondary N) is 1. The first-order valence-electron chi connectivity index (χ1n) is 5.62. The number of alkyl halides is 1. The third-order valence-electron chi connectivity index (χ3n) is 2.94. The van der Waals surface area contributed by atoms with Crippen molar-refractivity contribution in [2.75, 3.05) is 0 Å². The number of carbonyl (C=O) groups excluding carboxylic acids is 1. The Bertz CT molecular complexity index is 355. The van der Waals surface area contributed by atoms with Crippen LogP contribution in [0.2, 0.25) is 0 Å². The predicted molar refractivity (Wildman–Crippen MR) is 63.6 cm³/mol. The van der Waals surface area contributed by atoms with Gasteiger partial charge in [-0.15, -0.1) is 11.6 Å². The Hall–Kier alpha value is -1.09. The predicted octanol–water partition coefficient (Wildman–Crippen LogP) is 2.36. The Morgan fingerprint density at radius 2 is 2.00 bits per heavy atom. The van der Waals surface area contributed by atoms with Crippen LogP contribution in [0.1, 0.15) is 36.0 Å². The molecule has 2 atom stereocenters. The van der Waals surface area contributed by atoms with Crippen LogP contribution in [-0.2, 0) is 0 Å². The molecule has 0 spiro atoms. The van der Waals surface area contributed by atoms with Crippen LogP contribution in [0.5, 0.6) is 0 Å². The van der Waals surface area contributed by atoms with E-state index in [1.807, 2.05) is 0 Å². The SMILES string of the molecule is O=C(NC1CCCCC1Cl)c1ccncc1. The molecule has 0 aliphatic heterocycles. The fourth-order valence-electron chi connectivity index (χ4n) is 2.00. The Morgan fingerprint density at radius 1 is 1.31 bits per heavy atom. The lowest BCUT2D eigenvalue weighted by Crippen LogP contribution is -2.42. The average molecular weight is 239 g/mol. The molecule has 1 saturated carbocycles. The molecule has 1 aromatic rings. The third-order valence-corrected chi connectivity index (χ3v) is 3.46. The summed E-state index contributed by atoms with van der Waals surface area (Å²) >= 11 is 6.19. The van der Waals surface area contributed by atoms with Gasteiger partial charge < -0.3 is 5.32 Å². The third kappa shape index (κ3) is 2.73. The summed E-state index contributed by atoms with van der Waals surface area (Å²) in [4.78, 5) is 15.7. The molecule has 1 aliphatic rings. The van der Waals surface area contributed by atoms with Crippen LogP contribution in [0.25, 0.3) is 0 Å². The molecule has 4 heteroatoms. The van der Waals surface area contributed by atoms with Crippen molar-refractivity contribution in [3.8, 4) is 0 Å². The van der Waals surface area contributed by atoms with E-state index in [1.54, 1.807) is 24.5 Å². The maximum atomic E-state index is 11.9. The van der Waals surface area contributed by atoms with E-state index in [4.69, 9.17) is 11.6 Å². The van der Waals surface area contributed by atoms with Crippen molar-refractivity contribution < 1.29 is 4.79 Å². The molecule has 1 amide bonds. The standard InChI is InChI=1S/C12H15ClN2O/c13-10-3-1-2-4-11(10)15-12(16)9-5-7-14-8-6-9/h5-8,10-11H,1-4H2,(H,15,16). The summed E-state index contributed by atoms with van der Waals surface area (Å²) in [6.07, 6.45) is 7.51. The quantitative estimate of drug-likeness (QED) is 0.804. The first kappa shape index (κ1) is 11.4. The summed E-state index contributed by atoms with van der Waals surface area (Å²) in [5.41, 5.74) is 0.643. The molecule has 1 aliphatic carbocycles. The molecular weight excluding hydrogens is 224 g/mol. The zero-order valence-electron chi connectivity index (χ0n) is 9.03. The van der Waals surface area contributed by atoms with E-state index in [0.29, 0.717) is 5.56 Å². The highest BCUT2D eigenvalue weighted by Gasteiger charge is 2.24. The lowest BCUT2D eigenvalue weighted by molar-refractivity contribution is 0.0928. The Morgan fingerprint density at radius 3 is 2.69 bits per heavy atom. The van der Waals surface area contributed by atoms with Crippen molar-refractivity contribution in [1.82, 2.24) is 10.3 Å². The van der Waals surface area contributed by atoms with Gasteiger partial charge in [-0.25, -0.2) is 0 Å². The molecule has 0 bridgehead atoms. The molecule has 2 unspecified atom stereocenters. The smallest absolute Gasteiger partial charge is 0.251 e. The molecule has 2 rings (SSSR count). The van der Waals surface area contributed by atoms with Gasteiger partial charge in [0.1, 0.15) is 0 Å². The van der Waals surface area contributed by atoms with Crippen LogP contribution in [0, 0.1) is 0 Å². The van der Waals surface area contributed by atoms with E-state index in [2.05, 4.69) is 10.3 Å². The van der Waals surface area contributed by atoms with Gasteiger partial charge in [0.2, 0.25) is 0 Å². The second kappa shape index (κ2) is 5.30. The van der Waals surface area contributed by atoms with Gasteiger partial charge in [0, 0.05) is 24.0 Å². The van der Waals surface area contributed by atoms with Gasteiger partial charge in [-0.05, 0) is 25.0 Å². The van der Waals surface area contributed by atoms with E-state index in [9.17, 15) is 4.79 Å². The van der Waals surface area contributed by atoms with E-state index >= 15 is 0 Å². The summed E-state index contributed by atoms with van der Waals surface area (Å²) in [5, 5.41) is 3.06. The van der Waals surface area contributed by atoms with Crippen molar-refractivity contribution in [2.24, 2.45) is 0 Å². The van der Waals surface area contributed by atoms with E-state index < -0.39 is 0 Å². The molecule has 0 aromatic carbocycles. The van der Waals surface area contributed by atoms with Crippen LogP contribution in [-0.4, -0.2) is 22.3 Å². The zero-order chi connectivity index (χ0) is 11.4. The summed E-state index contributed by atoms with van der Waals surface area (Å²) in [6.45, 7) is 0. The number of pyridine rings is 1. The van der Waals surface area contributed by atoms with Crippen molar-refractivity contribution in [2.45, 2.75) is 37.1 Å². The molecule has 1 aromatic heterocycles. The monoisotopic (exact) mass is 238 g/mol. The second-order valence-corrected chi connectivity index (χ2v) is 4.68. The first-order chi connectivity index (χ1) is 7.77.